The molecule has 4 rings (SSSR count). The number of aryl methyl sites for hydroxylation is 2. The smallest absolute Gasteiger partial charge is 0.410 e. The molecule has 10 nitrogen and oxygen atoms in total. The summed E-state index contributed by atoms with van der Waals surface area (Å²) >= 11 is 0. The minimum absolute atomic E-state index is 0.0230. The quantitative estimate of drug-likeness (QED) is 0.620. The maximum absolute atomic E-state index is 12.3. The van der Waals surface area contributed by atoms with Crippen molar-refractivity contribution in [2.24, 2.45) is 0 Å². The van der Waals surface area contributed by atoms with Crippen LogP contribution in [-0.2, 0) is 11.3 Å². The molecule has 0 unspecified atom stereocenters. The lowest BCUT2D eigenvalue weighted by Gasteiger charge is -2.33. The van der Waals surface area contributed by atoms with E-state index in [4.69, 9.17) is 19.1 Å². The Balaban J connectivity index is 1.53. The molecule has 10 heteroatoms. The molecule has 31 heavy (non-hydrogen) atoms. The van der Waals surface area contributed by atoms with Crippen LogP contribution in [0.25, 0.3) is 22.6 Å². The Kier molecular flexibility index (Phi) is 5.55. The molecule has 1 saturated heterocycles. The number of ether oxygens (including phenoxy) is 2. The fraction of sp³-hybridized carbons (Fsp3) is 0.571. The summed E-state index contributed by atoms with van der Waals surface area (Å²) in [5, 5.41) is 7.87. The second-order valence-electron chi connectivity index (χ2n) is 8.67. The fourth-order valence-electron chi connectivity index (χ4n) is 3.73. The highest BCUT2D eigenvalue weighted by Gasteiger charge is 2.28. The summed E-state index contributed by atoms with van der Waals surface area (Å²) in [6, 6.07) is 0. The third-order valence-corrected chi connectivity index (χ3v) is 5.18. The van der Waals surface area contributed by atoms with Gasteiger partial charge in [-0.2, -0.15) is 0 Å². The number of carbonyl (C=O) groups is 1. The van der Waals surface area contributed by atoms with Crippen molar-refractivity contribution in [1.29, 1.82) is 0 Å². The number of carbonyl (C=O) groups excluding carboxylic acids is 1. The minimum atomic E-state index is -0.500. The van der Waals surface area contributed by atoms with Gasteiger partial charge in [0, 0.05) is 32.5 Å². The van der Waals surface area contributed by atoms with E-state index < -0.39 is 5.60 Å². The molecule has 1 aliphatic heterocycles. The van der Waals surface area contributed by atoms with E-state index in [1.54, 1.807) is 17.3 Å². The van der Waals surface area contributed by atoms with E-state index in [9.17, 15) is 4.79 Å². The number of hydrogen-bond donors (Lipinski definition) is 0. The molecule has 0 spiro atoms. The van der Waals surface area contributed by atoms with Crippen LogP contribution < -0.4 is 4.74 Å². The van der Waals surface area contributed by atoms with Crippen molar-refractivity contribution in [2.75, 3.05) is 13.1 Å². The van der Waals surface area contributed by atoms with Crippen molar-refractivity contribution < 1.29 is 18.9 Å². The van der Waals surface area contributed by atoms with Crippen LogP contribution in [0.4, 0.5) is 4.79 Å². The summed E-state index contributed by atoms with van der Waals surface area (Å²) in [6.45, 7) is 11.3. The number of rotatable bonds is 4. The molecular weight excluding hydrogens is 400 g/mol. The highest BCUT2D eigenvalue weighted by molar-refractivity contribution is 5.84. The number of fused-ring (bicyclic) bond motifs is 1. The van der Waals surface area contributed by atoms with Gasteiger partial charge < -0.3 is 18.9 Å². The van der Waals surface area contributed by atoms with Crippen LogP contribution >= 0.6 is 0 Å². The number of piperidine rings is 1. The molecule has 0 aromatic carbocycles. The molecule has 166 valence electrons. The molecule has 0 bridgehead atoms. The van der Waals surface area contributed by atoms with Crippen LogP contribution in [-0.4, -0.2) is 60.6 Å². The first-order chi connectivity index (χ1) is 14.8. The lowest BCUT2D eigenvalue weighted by molar-refractivity contribution is 0.0127. The lowest BCUT2D eigenvalue weighted by atomic mass is 10.1. The first kappa shape index (κ1) is 21.1. The van der Waals surface area contributed by atoms with Gasteiger partial charge in [0.2, 0.25) is 0 Å². The second kappa shape index (κ2) is 8.16. The first-order valence-electron chi connectivity index (χ1n) is 10.5. The molecule has 0 radical (unpaired) electrons. The molecule has 4 heterocycles. The van der Waals surface area contributed by atoms with Gasteiger partial charge in [-0.3, -0.25) is 4.98 Å². The van der Waals surface area contributed by atoms with Gasteiger partial charge in [-0.05, 0) is 39.8 Å². The standard InChI is InChI=1S/C21H28N6O4/c1-6-27-18-15(23-19(27)17-13(2)24-31-25-17)11-22-12-16(18)29-14-7-9-26(10-8-14)20(28)30-21(3,4)5/h11-12,14H,6-10H2,1-5H3. The SMILES string of the molecule is CCn1c(-c2nonc2C)nc2cncc(OC3CCN(C(=O)OC(C)(C)C)CC3)c21. The van der Waals surface area contributed by atoms with E-state index in [0.717, 1.165) is 23.9 Å². The van der Waals surface area contributed by atoms with Gasteiger partial charge in [-0.15, -0.1) is 0 Å². The topological polar surface area (TPSA) is 108 Å². The van der Waals surface area contributed by atoms with E-state index in [1.807, 2.05) is 39.2 Å². The molecule has 3 aromatic rings. The van der Waals surface area contributed by atoms with E-state index in [1.165, 1.54) is 0 Å². The maximum Gasteiger partial charge on any atom is 0.410 e. The molecule has 1 aliphatic rings. The predicted octanol–water partition coefficient (Wildman–Crippen LogP) is 3.59. The van der Waals surface area contributed by atoms with E-state index in [0.29, 0.717) is 42.6 Å². The highest BCUT2D eigenvalue weighted by atomic mass is 16.6. The monoisotopic (exact) mass is 428 g/mol. The molecule has 0 atom stereocenters. The van der Waals surface area contributed by atoms with E-state index >= 15 is 0 Å². The Bertz CT molecular complexity index is 1080. The van der Waals surface area contributed by atoms with Gasteiger partial charge in [0.1, 0.15) is 28.4 Å². The summed E-state index contributed by atoms with van der Waals surface area (Å²) in [6.07, 6.45) is 4.56. The Morgan fingerprint density at radius 2 is 1.97 bits per heavy atom. The van der Waals surface area contributed by atoms with Crippen LogP contribution in [0, 0.1) is 6.92 Å². The van der Waals surface area contributed by atoms with Crippen LogP contribution in [0.15, 0.2) is 17.0 Å². The number of imidazole rings is 1. The number of aromatic nitrogens is 5. The largest absolute Gasteiger partial charge is 0.486 e. The third kappa shape index (κ3) is 4.33. The lowest BCUT2D eigenvalue weighted by Crippen LogP contribution is -2.44. The predicted molar refractivity (Wildman–Crippen MR) is 113 cm³/mol. The number of likely N-dealkylation sites (tertiary alicyclic amines) is 1. The summed E-state index contributed by atoms with van der Waals surface area (Å²) in [4.78, 5) is 23.0. The summed E-state index contributed by atoms with van der Waals surface area (Å²) in [5.74, 6) is 1.34. The normalized spacial score (nSPS) is 15.5. The van der Waals surface area contributed by atoms with Crippen molar-refractivity contribution in [3.8, 4) is 17.3 Å². The zero-order valence-electron chi connectivity index (χ0n) is 18.6. The van der Waals surface area contributed by atoms with Crippen molar-refractivity contribution in [1.82, 2.24) is 29.7 Å². The highest BCUT2D eigenvalue weighted by Crippen LogP contribution is 2.32. The fourth-order valence-corrected chi connectivity index (χ4v) is 3.73. The van der Waals surface area contributed by atoms with Crippen molar-refractivity contribution >= 4 is 17.1 Å². The molecule has 1 fully saturated rings. The maximum atomic E-state index is 12.3. The van der Waals surface area contributed by atoms with Crippen LogP contribution in [0.5, 0.6) is 5.75 Å². The number of pyridine rings is 1. The molecular formula is C21H28N6O4. The number of hydrogen-bond acceptors (Lipinski definition) is 8. The number of amides is 1. The Morgan fingerprint density at radius 1 is 1.23 bits per heavy atom. The van der Waals surface area contributed by atoms with Gasteiger partial charge >= 0.3 is 6.09 Å². The molecule has 0 N–H and O–H groups in total. The summed E-state index contributed by atoms with van der Waals surface area (Å²) in [7, 11) is 0. The average Bonchev–Trinajstić information content (AvgIpc) is 3.30. The third-order valence-electron chi connectivity index (χ3n) is 5.18. The molecule has 3 aromatic heterocycles. The van der Waals surface area contributed by atoms with E-state index in [-0.39, 0.29) is 12.2 Å². The Hall–Kier alpha value is -3.17. The van der Waals surface area contributed by atoms with Crippen LogP contribution in [0.2, 0.25) is 0 Å². The summed E-state index contributed by atoms with van der Waals surface area (Å²) in [5.41, 5.74) is 2.37. The van der Waals surface area contributed by atoms with Crippen molar-refractivity contribution in [3.05, 3.63) is 18.1 Å². The van der Waals surface area contributed by atoms with Crippen LogP contribution in [0.1, 0.15) is 46.2 Å². The van der Waals surface area contributed by atoms with Gasteiger partial charge in [-0.25, -0.2) is 14.4 Å². The van der Waals surface area contributed by atoms with Gasteiger partial charge in [0.15, 0.2) is 17.3 Å². The zero-order valence-corrected chi connectivity index (χ0v) is 18.6. The van der Waals surface area contributed by atoms with Gasteiger partial charge in [-0.1, -0.05) is 5.16 Å². The second-order valence-corrected chi connectivity index (χ2v) is 8.67. The Morgan fingerprint density at radius 3 is 2.58 bits per heavy atom. The van der Waals surface area contributed by atoms with Gasteiger partial charge in [0.25, 0.3) is 0 Å². The van der Waals surface area contributed by atoms with E-state index in [2.05, 4.69) is 15.3 Å². The summed E-state index contributed by atoms with van der Waals surface area (Å²) < 4.78 is 18.7. The average molecular weight is 428 g/mol. The molecule has 0 aliphatic carbocycles. The van der Waals surface area contributed by atoms with Crippen molar-refractivity contribution in [2.45, 2.75) is 65.7 Å². The number of nitrogens with zero attached hydrogens (tertiary/aromatic N) is 6. The molecule has 1 amide bonds. The van der Waals surface area contributed by atoms with Crippen molar-refractivity contribution in [3.63, 3.8) is 0 Å². The van der Waals surface area contributed by atoms with Crippen LogP contribution in [0.3, 0.4) is 0 Å². The minimum Gasteiger partial charge on any atom is -0.486 e. The van der Waals surface area contributed by atoms with Gasteiger partial charge in [0.05, 0.1) is 12.4 Å². The zero-order chi connectivity index (χ0) is 22.2. The Labute approximate surface area is 180 Å². The first-order valence-corrected chi connectivity index (χ1v) is 10.5. The molecule has 0 saturated carbocycles.